The van der Waals surface area contributed by atoms with E-state index in [2.05, 4.69) is 21.7 Å². The van der Waals surface area contributed by atoms with Crippen molar-refractivity contribution < 1.29 is 9.90 Å². The Labute approximate surface area is 116 Å². The first-order valence-corrected chi connectivity index (χ1v) is 7.90. The van der Waals surface area contributed by atoms with Crippen LogP contribution in [0.5, 0.6) is 0 Å². The standard InChI is InChI=1S/C13H19N3O2S/c1-2-10-14-15-12(19-7-11(17)18)16(10)8-13(5-6-13)9-3-4-9/h9H,2-8H2,1H3,(H,17,18). The second kappa shape index (κ2) is 4.81. The predicted molar refractivity (Wildman–Crippen MR) is 72.2 cm³/mol. The Balaban J connectivity index is 1.77. The molecule has 1 N–H and O–H groups in total. The summed E-state index contributed by atoms with van der Waals surface area (Å²) in [6, 6.07) is 0. The summed E-state index contributed by atoms with van der Waals surface area (Å²) >= 11 is 1.28. The van der Waals surface area contributed by atoms with Crippen LogP contribution in [0.1, 0.15) is 38.4 Å². The Kier molecular flexibility index (Phi) is 3.28. The maximum Gasteiger partial charge on any atom is 0.313 e. The van der Waals surface area contributed by atoms with E-state index in [-0.39, 0.29) is 5.75 Å². The molecule has 0 atom stereocenters. The number of rotatable bonds is 7. The van der Waals surface area contributed by atoms with Gasteiger partial charge in [0.05, 0.1) is 5.75 Å². The summed E-state index contributed by atoms with van der Waals surface area (Å²) in [5.74, 6) is 1.12. The number of carbonyl (C=O) groups is 1. The molecule has 0 amide bonds. The first kappa shape index (κ1) is 13.0. The lowest BCUT2D eigenvalue weighted by Gasteiger charge is -2.17. The molecule has 0 bridgehead atoms. The van der Waals surface area contributed by atoms with E-state index in [1.54, 1.807) is 0 Å². The van der Waals surface area contributed by atoms with Gasteiger partial charge in [0.2, 0.25) is 0 Å². The Hall–Kier alpha value is -1.04. The SMILES string of the molecule is CCc1nnc(SCC(=O)O)n1CC1(C2CC2)CC1. The van der Waals surface area contributed by atoms with E-state index in [1.807, 2.05) is 0 Å². The van der Waals surface area contributed by atoms with Gasteiger partial charge in [-0.25, -0.2) is 0 Å². The van der Waals surface area contributed by atoms with E-state index < -0.39 is 5.97 Å². The average molecular weight is 281 g/mol. The van der Waals surface area contributed by atoms with Crippen molar-refractivity contribution >= 4 is 17.7 Å². The van der Waals surface area contributed by atoms with Crippen molar-refractivity contribution in [2.24, 2.45) is 11.3 Å². The summed E-state index contributed by atoms with van der Waals surface area (Å²) in [6.07, 6.45) is 6.19. The molecule has 1 aromatic rings. The van der Waals surface area contributed by atoms with Crippen LogP contribution in [0.2, 0.25) is 0 Å². The number of hydrogen-bond donors (Lipinski definition) is 1. The van der Waals surface area contributed by atoms with Crippen LogP contribution in [0.15, 0.2) is 5.16 Å². The highest BCUT2D eigenvalue weighted by molar-refractivity contribution is 7.99. The van der Waals surface area contributed by atoms with Crippen LogP contribution in [0, 0.1) is 11.3 Å². The second-order valence-electron chi connectivity index (χ2n) is 5.66. The fourth-order valence-electron chi connectivity index (χ4n) is 2.84. The minimum Gasteiger partial charge on any atom is -0.481 e. The van der Waals surface area contributed by atoms with Gasteiger partial charge in [0, 0.05) is 13.0 Å². The van der Waals surface area contributed by atoms with Crippen molar-refractivity contribution in [3.8, 4) is 0 Å². The Bertz CT molecular complexity index is 492. The molecule has 0 aliphatic heterocycles. The summed E-state index contributed by atoms with van der Waals surface area (Å²) < 4.78 is 2.17. The zero-order chi connectivity index (χ0) is 13.5. The quantitative estimate of drug-likeness (QED) is 0.776. The second-order valence-corrected chi connectivity index (χ2v) is 6.60. The van der Waals surface area contributed by atoms with Crippen LogP contribution in [-0.4, -0.2) is 31.6 Å². The molecule has 5 nitrogen and oxygen atoms in total. The van der Waals surface area contributed by atoms with Crippen molar-refractivity contribution in [2.45, 2.75) is 50.7 Å². The van der Waals surface area contributed by atoms with Gasteiger partial charge in [-0.1, -0.05) is 18.7 Å². The Morgan fingerprint density at radius 3 is 2.74 bits per heavy atom. The molecule has 6 heteroatoms. The highest BCUT2D eigenvalue weighted by Gasteiger charge is 2.54. The number of aliphatic carboxylic acids is 1. The van der Waals surface area contributed by atoms with Gasteiger partial charge >= 0.3 is 5.97 Å². The summed E-state index contributed by atoms with van der Waals surface area (Å²) in [4.78, 5) is 10.7. The molecule has 1 aromatic heterocycles. The molecular weight excluding hydrogens is 262 g/mol. The number of hydrogen-bond acceptors (Lipinski definition) is 4. The summed E-state index contributed by atoms with van der Waals surface area (Å²) in [5, 5.41) is 17.9. The van der Waals surface area contributed by atoms with Crippen LogP contribution < -0.4 is 0 Å². The summed E-state index contributed by atoms with van der Waals surface area (Å²) in [5.41, 5.74) is 0.477. The normalized spacial score (nSPS) is 20.5. The number of thioether (sulfide) groups is 1. The molecule has 0 radical (unpaired) electrons. The van der Waals surface area contributed by atoms with Crippen molar-refractivity contribution in [3.05, 3.63) is 5.82 Å². The fourth-order valence-corrected chi connectivity index (χ4v) is 3.52. The van der Waals surface area contributed by atoms with Crippen molar-refractivity contribution in [3.63, 3.8) is 0 Å². The van der Waals surface area contributed by atoms with Gasteiger partial charge < -0.3 is 9.67 Å². The lowest BCUT2D eigenvalue weighted by atomic mass is 10.0. The molecule has 0 aromatic carbocycles. The Morgan fingerprint density at radius 2 is 2.21 bits per heavy atom. The molecule has 19 heavy (non-hydrogen) atoms. The van der Waals surface area contributed by atoms with Crippen molar-refractivity contribution in [2.75, 3.05) is 5.75 Å². The highest BCUT2D eigenvalue weighted by atomic mass is 32.2. The number of nitrogens with zero attached hydrogens (tertiary/aromatic N) is 3. The molecule has 2 saturated carbocycles. The average Bonchev–Trinajstić information content (AvgIpc) is 3.24. The van der Waals surface area contributed by atoms with Gasteiger partial charge in [0.15, 0.2) is 5.16 Å². The van der Waals surface area contributed by atoms with Crippen molar-refractivity contribution in [1.29, 1.82) is 0 Å². The van der Waals surface area contributed by atoms with E-state index in [4.69, 9.17) is 5.11 Å². The van der Waals surface area contributed by atoms with E-state index in [9.17, 15) is 4.79 Å². The third kappa shape index (κ3) is 2.63. The third-order valence-electron chi connectivity index (χ3n) is 4.24. The van der Waals surface area contributed by atoms with Crippen LogP contribution in [-0.2, 0) is 17.8 Å². The van der Waals surface area contributed by atoms with E-state index in [1.165, 1.54) is 37.4 Å². The molecule has 104 valence electrons. The van der Waals surface area contributed by atoms with Crippen LogP contribution >= 0.6 is 11.8 Å². The lowest BCUT2D eigenvalue weighted by Crippen LogP contribution is -2.17. The van der Waals surface area contributed by atoms with Gasteiger partial charge in [-0.05, 0) is 37.0 Å². The molecule has 2 aliphatic rings. The summed E-state index contributed by atoms with van der Waals surface area (Å²) in [7, 11) is 0. The molecular formula is C13H19N3O2S. The molecule has 1 heterocycles. The molecule has 0 saturated heterocycles. The molecule has 0 unspecified atom stereocenters. The number of aryl methyl sites for hydroxylation is 1. The topological polar surface area (TPSA) is 68.0 Å². The first-order valence-electron chi connectivity index (χ1n) is 6.91. The molecule has 0 spiro atoms. The van der Waals surface area contributed by atoms with Crippen LogP contribution in [0.4, 0.5) is 0 Å². The molecule has 3 rings (SSSR count). The van der Waals surface area contributed by atoms with E-state index in [0.717, 1.165) is 29.9 Å². The predicted octanol–water partition coefficient (Wildman–Crippen LogP) is 2.21. The summed E-state index contributed by atoms with van der Waals surface area (Å²) in [6.45, 7) is 3.05. The number of aromatic nitrogens is 3. The maximum absolute atomic E-state index is 10.7. The minimum absolute atomic E-state index is 0.0538. The fraction of sp³-hybridized carbons (Fsp3) is 0.769. The lowest BCUT2D eigenvalue weighted by molar-refractivity contribution is -0.133. The van der Waals surface area contributed by atoms with Crippen molar-refractivity contribution in [1.82, 2.24) is 14.8 Å². The Morgan fingerprint density at radius 1 is 1.47 bits per heavy atom. The van der Waals surface area contributed by atoms with Gasteiger partial charge in [-0.15, -0.1) is 10.2 Å². The first-order chi connectivity index (χ1) is 9.14. The highest BCUT2D eigenvalue weighted by Crippen LogP contribution is 2.62. The zero-order valence-corrected chi connectivity index (χ0v) is 11.9. The maximum atomic E-state index is 10.7. The monoisotopic (exact) mass is 281 g/mol. The number of carboxylic acids is 1. The van der Waals surface area contributed by atoms with Gasteiger partial charge in [-0.3, -0.25) is 4.79 Å². The smallest absolute Gasteiger partial charge is 0.313 e. The van der Waals surface area contributed by atoms with E-state index >= 15 is 0 Å². The van der Waals surface area contributed by atoms with E-state index in [0.29, 0.717) is 5.41 Å². The minimum atomic E-state index is -0.805. The van der Waals surface area contributed by atoms with Gasteiger partial charge in [-0.2, -0.15) is 0 Å². The zero-order valence-electron chi connectivity index (χ0n) is 11.1. The van der Waals surface area contributed by atoms with Gasteiger partial charge in [0.25, 0.3) is 0 Å². The molecule has 2 fully saturated rings. The third-order valence-corrected chi connectivity index (χ3v) is 5.19. The number of carboxylic acid groups (broad SMARTS) is 1. The van der Waals surface area contributed by atoms with Gasteiger partial charge in [0.1, 0.15) is 5.82 Å². The van der Waals surface area contributed by atoms with Crippen LogP contribution in [0.25, 0.3) is 0 Å². The van der Waals surface area contributed by atoms with Crippen LogP contribution in [0.3, 0.4) is 0 Å². The largest absolute Gasteiger partial charge is 0.481 e. The molecule has 2 aliphatic carbocycles.